The smallest absolute Gasteiger partial charge is 0.267 e. The second-order valence-electron chi connectivity index (χ2n) is 2.89. The highest BCUT2D eigenvalue weighted by atomic mass is 79.9. The Labute approximate surface area is 92.7 Å². The molecule has 4 nitrogen and oxygen atoms in total. The lowest BCUT2D eigenvalue weighted by Crippen LogP contribution is -2.11. The van der Waals surface area contributed by atoms with Gasteiger partial charge in [-0.05, 0) is 22.4 Å². The summed E-state index contributed by atoms with van der Waals surface area (Å²) in [6.07, 6.45) is 1.83. The number of aryl methyl sites for hydroxylation is 1. The second-order valence-corrected chi connectivity index (χ2v) is 5.12. The van der Waals surface area contributed by atoms with Crippen molar-refractivity contribution >= 4 is 32.2 Å². The van der Waals surface area contributed by atoms with Gasteiger partial charge in [0.15, 0.2) is 3.92 Å². The van der Waals surface area contributed by atoms with Gasteiger partial charge in [0.05, 0.1) is 5.69 Å². The molecule has 0 N–H and O–H groups in total. The van der Waals surface area contributed by atoms with Gasteiger partial charge in [-0.15, -0.1) is 5.10 Å². The summed E-state index contributed by atoms with van der Waals surface area (Å²) in [5, 5.41) is 4.22. The molecule has 0 aliphatic rings. The summed E-state index contributed by atoms with van der Waals surface area (Å²) in [4.78, 5) is 15.7. The Hall–Kier alpha value is -0.750. The van der Waals surface area contributed by atoms with Gasteiger partial charge in [0, 0.05) is 6.07 Å². The number of halogens is 1. The average molecular weight is 274 g/mol. The molecule has 2 aromatic rings. The van der Waals surface area contributed by atoms with E-state index in [1.54, 1.807) is 10.6 Å². The van der Waals surface area contributed by atoms with E-state index in [1.165, 1.54) is 11.3 Å². The molecular formula is C8H8BrN3OS. The third kappa shape index (κ3) is 1.72. The largest absolute Gasteiger partial charge is 0.274 e. The number of nitrogens with zero attached hydrogens (tertiary/aromatic N) is 3. The Morgan fingerprint density at radius 2 is 2.43 bits per heavy atom. The average Bonchev–Trinajstić information content (AvgIpc) is 2.45. The Kier molecular flexibility index (Phi) is 2.64. The van der Waals surface area contributed by atoms with Crippen LogP contribution in [-0.2, 0) is 6.42 Å². The SMILES string of the molecule is CCCc1cc(=O)nc2sc(Br)nn12. The van der Waals surface area contributed by atoms with E-state index in [0.29, 0.717) is 4.96 Å². The molecule has 0 saturated carbocycles. The summed E-state index contributed by atoms with van der Waals surface area (Å²) >= 11 is 4.64. The van der Waals surface area contributed by atoms with Crippen LogP contribution in [-0.4, -0.2) is 14.6 Å². The van der Waals surface area contributed by atoms with Crippen LogP contribution in [0, 0.1) is 0 Å². The van der Waals surface area contributed by atoms with E-state index >= 15 is 0 Å². The lowest BCUT2D eigenvalue weighted by molar-refractivity contribution is 0.788. The van der Waals surface area contributed by atoms with Crippen molar-refractivity contribution in [2.45, 2.75) is 19.8 Å². The van der Waals surface area contributed by atoms with Crippen molar-refractivity contribution in [1.82, 2.24) is 14.6 Å². The van der Waals surface area contributed by atoms with E-state index in [0.717, 1.165) is 22.5 Å². The zero-order valence-electron chi connectivity index (χ0n) is 7.53. The second kappa shape index (κ2) is 3.78. The van der Waals surface area contributed by atoms with Crippen LogP contribution in [0.1, 0.15) is 19.0 Å². The summed E-state index contributed by atoms with van der Waals surface area (Å²) in [6.45, 7) is 2.07. The molecule has 0 radical (unpaired) electrons. The van der Waals surface area contributed by atoms with Gasteiger partial charge in [-0.25, -0.2) is 4.52 Å². The van der Waals surface area contributed by atoms with Crippen LogP contribution in [0.4, 0.5) is 0 Å². The molecule has 0 aromatic carbocycles. The van der Waals surface area contributed by atoms with Crippen molar-refractivity contribution in [3.63, 3.8) is 0 Å². The molecule has 2 heterocycles. The lowest BCUT2D eigenvalue weighted by atomic mass is 10.2. The first kappa shape index (κ1) is 9.79. The maximum Gasteiger partial charge on any atom is 0.274 e. The fraction of sp³-hybridized carbons (Fsp3) is 0.375. The summed E-state index contributed by atoms with van der Waals surface area (Å²) in [5.74, 6) is 0. The van der Waals surface area contributed by atoms with Crippen molar-refractivity contribution in [3.05, 3.63) is 26.0 Å². The van der Waals surface area contributed by atoms with Crippen LogP contribution in [0.5, 0.6) is 0 Å². The first-order valence-electron chi connectivity index (χ1n) is 4.26. The molecule has 0 unspecified atom stereocenters. The summed E-state index contributed by atoms with van der Waals surface area (Å²) in [5.41, 5.74) is 0.731. The zero-order chi connectivity index (χ0) is 10.1. The van der Waals surface area contributed by atoms with Gasteiger partial charge in [-0.3, -0.25) is 4.79 Å². The highest BCUT2D eigenvalue weighted by Gasteiger charge is 2.06. The molecule has 2 aromatic heterocycles. The molecule has 0 bridgehead atoms. The van der Waals surface area contributed by atoms with E-state index < -0.39 is 0 Å². The molecule has 14 heavy (non-hydrogen) atoms. The minimum atomic E-state index is -0.190. The van der Waals surface area contributed by atoms with Crippen molar-refractivity contribution < 1.29 is 0 Å². The van der Waals surface area contributed by atoms with E-state index in [2.05, 4.69) is 32.9 Å². The highest BCUT2D eigenvalue weighted by Crippen LogP contribution is 2.18. The molecule has 0 atom stereocenters. The van der Waals surface area contributed by atoms with Gasteiger partial charge in [0.25, 0.3) is 5.56 Å². The molecule has 74 valence electrons. The highest BCUT2D eigenvalue weighted by molar-refractivity contribution is 9.11. The topological polar surface area (TPSA) is 47.3 Å². The molecule has 0 aliphatic carbocycles. The zero-order valence-corrected chi connectivity index (χ0v) is 9.93. The Bertz CT molecular complexity index is 519. The Morgan fingerprint density at radius 1 is 1.64 bits per heavy atom. The van der Waals surface area contributed by atoms with Crippen LogP contribution >= 0.6 is 27.3 Å². The van der Waals surface area contributed by atoms with Crippen molar-refractivity contribution in [2.75, 3.05) is 0 Å². The minimum absolute atomic E-state index is 0.190. The van der Waals surface area contributed by atoms with Gasteiger partial charge in [0.2, 0.25) is 4.96 Å². The molecule has 0 fully saturated rings. The predicted octanol–water partition coefficient (Wildman–Crippen LogP) is 1.87. The van der Waals surface area contributed by atoms with Gasteiger partial charge in [0.1, 0.15) is 0 Å². The first-order valence-corrected chi connectivity index (χ1v) is 5.87. The monoisotopic (exact) mass is 273 g/mol. The van der Waals surface area contributed by atoms with Gasteiger partial charge >= 0.3 is 0 Å². The molecule has 0 amide bonds. The van der Waals surface area contributed by atoms with Crippen molar-refractivity contribution in [3.8, 4) is 0 Å². The molecule has 0 spiro atoms. The number of rotatable bonds is 2. The van der Waals surface area contributed by atoms with E-state index in [9.17, 15) is 4.79 Å². The van der Waals surface area contributed by atoms with E-state index in [-0.39, 0.29) is 5.56 Å². The van der Waals surface area contributed by atoms with Crippen molar-refractivity contribution in [2.24, 2.45) is 0 Å². The van der Waals surface area contributed by atoms with E-state index in [1.807, 2.05) is 0 Å². The minimum Gasteiger partial charge on any atom is -0.267 e. The van der Waals surface area contributed by atoms with Crippen LogP contribution in [0.25, 0.3) is 4.96 Å². The quantitative estimate of drug-likeness (QED) is 0.839. The van der Waals surface area contributed by atoms with Gasteiger partial charge in [-0.1, -0.05) is 24.7 Å². The third-order valence-electron chi connectivity index (χ3n) is 1.81. The number of aromatic nitrogens is 3. The van der Waals surface area contributed by atoms with E-state index in [4.69, 9.17) is 0 Å². The fourth-order valence-corrected chi connectivity index (χ4v) is 2.53. The Morgan fingerprint density at radius 3 is 3.14 bits per heavy atom. The Balaban J connectivity index is 2.72. The van der Waals surface area contributed by atoms with Crippen LogP contribution in [0.15, 0.2) is 14.8 Å². The molecule has 0 aliphatic heterocycles. The molecule has 2 rings (SSSR count). The standard InChI is InChI=1S/C8H8BrN3OS/c1-2-3-5-4-6(13)10-8-12(5)11-7(9)14-8/h4H,2-3H2,1H3. The molecular weight excluding hydrogens is 266 g/mol. The van der Waals surface area contributed by atoms with Crippen LogP contribution in [0.3, 0.4) is 0 Å². The fourth-order valence-electron chi connectivity index (χ4n) is 1.28. The maximum atomic E-state index is 11.2. The normalized spacial score (nSPS) is 11.0. The number of fused-ring (bicyclic) bond motifs is 1. The third-order valence-corrected chi connectivity index (χ3v) is 3.15. The van der Waals surface area contributed by atoms with Gasteiger partial charge in [-0.2, -0.15) is 4.98 Å². The van der Waals surface area contributed by atoms with Crippen LogP contribution < -0.4 is 5.56 Å². The summed E-state index contributed by atoms with van der Waals surface area (Å²) in [7, 11) is 0. The van der Waals surface area contributed by atoms with Crippen molar-refractivity contribution in [1.29, 1.82) is 0 Å². The number of hydrogen-bond donors (Lipinski definition) is 0. The molecule has 0 saturated heterocycles. The number of hydrogen-bond acceptors (Lipinski definition) is 4. The lowest BCUT2D eigenvalue weighted by Gasteiger charge is -1.99. The molecule has 6 heteroatoms. The maximum absolute atomic E-state index is 11.2. The van der Waals surface area contributed by atoms with Crippen LogP contribution in [0.2, 0.25) is 0 Å². The van der Waals surface area contributed by atoms with Gasteiger partial charge < -0.3 is 0 Å². The predicted molar refractivity (Wildman–Crippen MR) is 58.8 cm³/mol. The first-order chi connectivity index (χ1) is 6.70. The summed E-state index contributed by atoms with van der Waals surface area (Å²) < 4.78 is 2.47. The summed E-state index contributed by atoms with van der Waals surface area (Å²) in [6, 6.07) is 1.54.